The Balaban J connectivity index is 2.18. The Labute approximate surface area is 78.1 Å². The van der Waals surface area contributed by atoms with Gasteiger partial charge in [0.1, 0.15) is 0 Å². The van der Waals surface area contributed by atoms with Crippen LogP contribution in [0.25, 0.3) is 0 Å². The lowest BCUT2D eigenvalue weighted by Crippen LogP contribution is -2.34. The van der Waals surface area contributed by atoms with Crippen LogP contribution in [-0.2, 0) is 9.32 Å². The van der Waals surface area contributed by atoms with Crippen molar-refractivity contribution in [2.24, 2.45) is 0 Å². The third-order valence-corrected chi connectivity index (χ3v) is 2.71. The molecule has 0 heterocycles. The smallest absolute Gasteiger partial charge is 0.327 e. The van der Waals surface area contributed by atoms with Crippen LogP contribution in [0, 0.1) is 0 Å². The van der Waals surface area contributed by atoms with Gasteiger partial charge in [-0.05, 0) is 25.7 Å². The van der Waals surface area contributed by atoms with Gasteiger partial charge < -0.3 is 19.6 Å². The Morgan fingerprint density at radius 2 is 1.92 bits per heavy atom. The molecule has 0 aromatic carbocycles. The van der Waals surface area contributed by atoms with Crippen LogP contribution in [-0.4, -0.2) is 28.3 Å². The summed E-state index contributed by atoms with van der Waals surface area (Å²) in [6, 6.07) is 0.223. The largest absolute Gasteiger partial charge is 0.356 e. The highest BCUT2D eigenvalue weighted by atomic mass is 31.2. The van der Waals surface area contributed by atoms with E-state index in [4.69, 9.17) is 14.3 Å². The minimum absolute atomic E-state index is 0.0641. The molecule has 0 bridgehead atoms. The fourth-order valence-electron chi connectivity index (χ4n) is 1.56. The second-order valence-electron chi connectivity index (χ2n) is 3.12. The first-order chi connectivity index (χ1) is 6.22. The van der Waals surface area contributed by atoms with E-state index in [1.54, 1.807) is 0 Å². The number of hydrogen-bond acceptors (Lipinski definition) is 4. The Hall–Kier alpha value is -0.220. The monoisotopic (exact) mass is 207 g/mol. The van der Waals surface area contributed by atoms with Crippen molar-refractivity contribution < 1.29 is 19.1 Å². The third kappa shape index (κ3) is 4.00. The van der Waals surface area contributed by atoms with Gasteiger partial charge in [-0.15, -0.1) is 0 Å². The molecule has 1 amide bonds. The summed E-state index contributed by atoms with van der Waals surface area (Å²) in [5, 5.41) is 2.70. The van der Waals surface area contributed by atoms with E-state index in [0.29, 0.717) is 6.41 Å². The molecule has 0 saturated heterocycles. The highest BCUT2D eigenvalue weighted by Crippen LogP contribution is 2.33. The molecule has 5 nitrogen and oxygen atoms in total. The summed E-state index contributed by atoms with van der Waals surface area (Å²) in [5.74, 6) is 0. The topological polar surface area (TPSA) is 78.8 Å². The van der Waals surface area contributed by atoms with Crippen molar-refractivity contribution in [1.82, 2.24) is 5.32 Å². The van der Waals surface area contributed by atoms with Crippen LogP contribution >= 0.6 is 8.60 Å². The summed E-state index contributed by atoms with van der Waals surface area (Å²) < 4.78 is 4.88. The maximum absolute atomic E-state index is 10.1. The second kappa shape index (κ2) is 5.50. The molecule has 0 unspecified atom stereocenters. The quantitative estimate of drug-likeness (QED) is 0.456. The third-order valence-electron chi connectivity index (χ3n) is 2.22. The summed E-state index contributed by atoms with van der Waals surface area (Å²) in [6.45, 7) is 0. The van der Waals surface area contributed by atoms with Crippen molar-refractivity contribution in [3.63, 3.8) is 0 Å². The Kier molecular flexibility index (Phi) is 4.59. The SMILES string of the molecule is O=CNC1CCC(OP(O)O)CC1. The molecule has 0 aromatic heterocycles. The predicted molar refractivity (Wildman–Crippen MR) is 47.7 cm³/mol. The minimum atomic E-state index is -2.24. The second-order valence-corrected chi connectivity index (χ2v) is 3.83. The average molecular weight is 207 g/mol. The molecule has 1 rings (SSSR count). The van der Waals surface area contributed by atoms with Gasteiger partial charge >= 0.3 is 8.60 Å². The number of hydrogen-bond donors (Lipinski definition) is 3. The van der Waals surface area contributed by atoms with Crippen molar-refractivity contribution in [3.05, 3.63) is 0 Å². The van der Waals surface area contributed by atoms with Gasteiger partial charge in [0.25, 0.3) is 0 Å². The Bertz CT molecular complexity index is 159. The Morgan fingerprint density at radius 1 is 1.31 bits per heavy atom. The standard InChI is InChI=1S/C7H14NO4P/c9-5-8-6-1-3-7(4-2-6)12-13(10)11/h5-7,10-11H,1-4H2,(H,8,9). The summed E-state index contributed by atoms with van der Waals surface area (Å²) >= 11 is 0. The molecule has 13 heavy (non-hydrogen) atoms. The van der Waals surface area contributed by atoms with Crippen LogP contribution in [0.15, 0.2) is 0 Å². The van der Waals surface area contributed by atoms with Crippen molar-refractivity contribution in [2.75, 3.05) is 0 Å². The lowest BCUT2D eigenvalue weighted by atomic mass is 9.93. The highest BCUT2D eigenvalue weighted by Gasteiger charge is 2.22. The van der Waals surface area contributed by atoms with E-state index in [9.17, 15) is 4.79 Å². The van der Waals surface area contributed by atoms with Crippen LogP contribution in [0.5, 0.6) is 0 Å². The van der Waals surface area contributed by atoms with Gasteiger partial charge in [-0.3, -0.25) is 4.79 Å². The average Bonchev–Trinajstić information content (AvgIpc) is 2.08. The van der Waals surface area contributed by atoms with Crippen LogP contribution in [0.3, 0.4) is 0 Å². The normalized spacial score (nSPS) is 28.8. The van der Waals surface area contributed by atoms with Gasteiger partial charge in [-0.1, -0.05) is 0 Å². The van der Waals surface area contributed by atoms with Crippen molar-refractivity contribution in [2.45, 2.75) is 37.8 Å². The van der Waals surface area contributed by atoms with Gasteiger partial charge in [-0.2, -0.15) is 0 Å². The van der Waals surface area contributed by atoms with Crippen LogP contribution in [0.2, 0.25) is 0 Å². The molecule has 3 N–H and O–H groups in total. The maximum atomic E-state index is 10.1. The number of nitrogens with one attached hydrogen (secondary N) is 1. The van der Waals surface area contributed by atoms with E-state index < -0.39 is 8.60 Å². The summed E-state index contributed by atoms with van der Waals surface area (Å²) in [5.41, 5.74) is 0. The van der Waals surface area contributed by atoms with E-state index >= 15 is 0 Å². The zero-order valence-electron chi connectivity index (χ0n) is 7.22. The zero-order valence-corrected chi connectivity index (χ0v) is 8.11. The van der Waals surface area contributed by atoms with E-state index in [1.165, 1.54) is 0 Å². The van der Waals surface area contributed by atoms with Gasteiger partial charge in [0.05, 0.1) is 6.10 Å². The lowest BCUT2D eigenvalue weighted by Gasteiger charge is -2.27. The number of carbonyl (C=O) groups excluding carboxylic acids is 1. The number of rotatable bonds is 4. The molecular formula is C7H14NO4P. The molecule has 1 aliphatic rings. The summed E-state index contributed by atoms with van der Waals surface area (Å²) in [4.78, 5) is 27.3. The van der Waals surface area contributed by atoms with Crippen molar-refractivity contribution in [3.8, 4) is 0 Å². The minimum Gasteiger partial charge on any atom is -0.356 e. The predicted octanol–water partition coefficient (Wildman–Crippen LogP) is 0.272. The maximum Gasteiger partial charge on any atom is 0.327 e. The molecule has 6 heteroatoms. The molecule has 1 saturated carbocycles. The molecular weight excluding hydrogens is 193 g/mol. The fraction of sp³-hybridized carbons (Fsp3) is 0.857. The summed E-state index contributed by atoms with van der Waals surface area (Å²) in [7, 11) is -2.24. The zero-order chi connectivity index (χ0) is 9.68. The first-order valence-electron chi connectivity index (χ1n) is 4.26. The molecule has 0 spiro atoms. The Morgan fingerprint density at radius 3 is 2.38 bits per heavy atom. The van der Waals surface area contributed by atoms with E-state index in [1.807, 2.05) is 0 Å². The molecule has 1 fully saturated rings. The highest BCUT2D eigenvalue weighted by molar-refractivity contribution is 7.39. The first-order valence-corrected chi connectivity index (χ1v) is 5.43. The summed E-state index contributed by atoms with van der Waals surface area (Å²) in [6.07, 6.45) is 3.86. The van der Waals surface area contributed by atoms with Crippen molar-refractivity contribution >= 4 is 15.0 Å². The van der Waals surface area contributed by atoms with E-state index in [0.717, 1.165) is 25.7 Å². The molecule has 0 aliphatic heterocycles. The fourth-order valence-corrected chi connectivity index (χ4v) is 2.04. The molecule has 0 aromatic rings. The molecule has 0 radical (unpaired) electrons. The first kappa shape index (κ1) is 10.9. The molecule has 0 atom stereocenters. The lowest BCUT2D eigenvalue weighted by molar-refractivity contribution is -0.110. The van der Waals surface area contributed by atoms with Gasteiger partial charge in [0.2, 0.25) is 6.41 Å². The van der Waals surface area contributed by atoms with Crippen LogP contribution in [0.1, 0.15) is 25.7 Å². The molecule has 1 aliphatic carbocycles. The van der Waals surface area contributed by atoms with Gasteiger partial charge in [0, 0.05) is 6.04 Å². The van der Waals surface area contributed by atoms with Gasteiger partial charge in [-0.25, -0.2) is 0 Å². The van der Waals surface area contributed by atoms with Crippen molar-refractivity contribution in [1.29, 1.82) is 0 Å². The number of amides is 1. The van der Waals surface area contributed by atoms with E-state index in [2.05, 4.69) is 5.32 Å². The van der Waals surface area contributed by atoms with Gasteiger partial charge in [0.15, 0.2) is 0 Å². The van der Waals surface area contributed by atoms with E-state index in [-0.39, 0.29) is 12.1 Å². The number of carbonyl (C=O) groups is 1. The van der Waals surface area contributed by atoms with Crippen LogP contribution in [0.4, 0.5) is 0 Å². The molecule has 76 valence electrons. The van der Waals surface area contributed by atoms with Crippen LogP contribution < -0.4 is 5.32 Å².